The van der Waals surface area contributed by atoms with E-state index < -0.39 is 16.9 Å². The molecule has 2 N–H and O–H groups in total. The molecule has 0 radical (unpaired) electrons. The highest BCUT2D eigenvalue weighted by molar-refractivity contribution is 9.10. The van der Waals surface area contributed by atoms with E-state index in [-0.39, 0.29) is 5.91 Å². The van der Waals surface area contributed by atoms with Gasteiger partial charge in [-0.1, -0.05) is 76.1 Å². The number of carboxylic acids is 1. The number of amides is 1. The molecule has 6 nitrogen and oxygen atoms in total. The molecule has 4 aromatic rings. The summed E-state index contributed by atoms with van der Waals surface area (Å²) in [5.41, 5.74) is 3.31. The Bertz CT molecular complexity index is 1740. The number of carboxylic acid groups (broad SMARTS) is 1. The summed E-state index contributed by atoms with van der Waals surface area (Å²) < 4.78 is 6.52. The van der Waals surface area contributed by atoms with Gasteiger partial charge in [-0.05, 0) is 68.0 Å². The first-order valence-electron chi connectivity index (χ1n) is 13.5. The van der Waals surface area contributed by atoms with Gasteiger partial charge in [0.2, 0.25) is 0 Å². The fraction of sp³-hybridized carbons (Fsp3) is 0.242. The monoisotopic (exact) mass is 630 g/mol. The Morgan fingerprint density at radius 3 is 2.44 bits per heavy atom. The predicted octanol–water partition coefficient (Wildman–Crippen LogP) is 7.85. The number of ether oxygens (including phenoxy) is 1. The molecule has 8 heteroatoms. The number of methoxy groups -OCH3 is 1. The number of para-hydroxylation sites is 1. The van der Waals surface area contributed by atoms with Gasteiger partial charge >= 0.3 is 5.97 Å². The maximum atomic E-state index is 14.5. The molecular weight excluding hydrogens is 604 g/mol. The van der Waals surface area contributed by atoms with Crippen molar-refractivity contribution in [2.45, 2.75) is 38.1 Å². The largest absolute Gasteiger partial charge is 0.495 e. The number of aromatic nitrogens is 1. The number of fused-ring (bicyclic) bond motifs is 3. The van der Waals surface area contributed by atoms with Gasteiger partial charge in [0.15, 0.2) is 0 Å². The average molecular weight is 632 g/mol. The van der Waals surface area contributed by atoms with Crippen molar-refractivity contribution in [1.29, 1.82) is 0 Å². The minimum atomic E-state index is -1.00. The molecule has 0 unspecified atom stereocenters. The van der Waals surface area contributed by atoms with Crippen molar-refractivity contribution in [3.63, 3.8) is 0 Å². The van der Waals surface area contributed by atoms with Crippen LogP contribution >= 0.6 is 27.5 Å². The molecule has 0 spiro atoms. The standard InChI is InChI=1S/C33H28BrClN2O4/c1-19-27(23-17-21(34)11-12-26(23)36-28(19)20-7-4-3-5-8-20)30(38)37-33-15-13-32(14-16-33,31(39)40)18-24(33)22-9-6-10-25(35)29(22)41-2/h3-12,17-18H,13-16H2,1-2H3,(H,37,38)(H,39,40). The van der Waals surface area contributed by atoms with Gasteiger partial charge in [0.1, 0.15) is 5.75 Å². The normalized spacial score (nSPS) is 21.4. The predicted molar refractivity (Wildman–Crippen MR) is 164 cm³/mol. The molecule has 3 aliphatic carbocycles. The van der Waals surface area contributed by atoms with E-state index in [1.54, 1.807) is 13.2 Å². The van der Waals surface area contributed by atoms with Crippen LogP contribution in [0.4, 0.5) is 0 Å². The summed E-state index contributed by atoms with van der Waals surface area (Å²) in [7, 11) is 1.54. The van der Waals surface area contributed by atoms with Crippen LogP contribution in [0.25, 0.3) is 27.7 Å². The van der Waals surface area contributed by atoms with Gasteiger partial charge in [-0.2, -0.15) is 0 Å². The van der Waals surface area contributed by atoms with E-state index in [2.05, 4.69) is 21.2 Å². The highest BCUT2D eigenvalue weighted by Gasteiger charge is 2.54. The molecule has 0 aliphatic heterocycles. The summed E-state index contributed by atoms with van der Waals surface area (Å²) in [6, 6.07) is 21.0. The van der Waals surface area contributed by atoms with Crippen LogP contribution in [0.5, 0.6) is 5.75 Å². The fourth-order valence-electron chi connectivity index (χ4n) is 6.46. The van der Waals surface area contributed by atoms with Crippen LogP contribution in [0.2, 0.25) is 5.02 Å². The Balaban J connectivity index is 1.52. The number of hydrogen-bond acceptors (Lipinski definition) is 4. The number of carbonyl (C=O) groups is 2. The summed E-state index contributed by atoms with van der Waals surface area (Å²) in [4.78, 5) is 31.9. The van der Waals surface area contributed by atoms with Crippen molar-refractivity contribution >= 4 is 55.9 Å². The quantitative estimate of drug-likeness (QED) is 0.226. The highest BCUT2D eigenvalue weighted by atomic mass is 79.9. The lowest BCUT2D eigenvalue weighted by atomic mass is 9.57. The van der Waals surface area contributed by atoms with Crippen molar-refractivity contribution < 1.29 is 19.4 Å². The molecule has 208 valence electrons. The lowest BCUT2D eigenvalue weighted by molar-refractivity contribution is -0.148. The number of aliphatic carboxylic acids is 1. The molecule has 1 fully saturated rings. The Labute approximate surface area is 251 Å². The van der Waals surface area contributed by atoms with Crippen molar-refractivity contribution in [2.75, 3.05) is 7.11 Å². The third kappa shape index (κ3) is 4.52. The summed E-state index contributed by atoms with van der Waals surface area (Å²) in [5.74, 6) is -0.631. The van der Waals surface area contributed by atoms with Gasteiger partial charge in [0, 0.05) is 21.0 Å². The van der Waals surface area contributed by atoms with E-state index in [0.29, 0.717) is 53.1 Å². The number of pyridine rings is 1. The first-order chi connectivity index (χ1) is 19.7. The first-order valence-corrected chi connectivity index (χ1v) is 14.6. The number of carbonyl (C=O) groups excluding carboxylic acids is 1. The maximum Gasteiger partial charge on any atom is 0.313 e. The summed E-state index contributed by atoms with van der Waals surface area (Å²) >= 11 is 10.1. The molecule has 2 bridgehead atoms. The molecule has 0 atom stereocenters. The van der Waals surface area contributed by atoms with E-state index in [1.165, 1.54) is 0 Å². The fourth-order valence-corrected chi connectivity index (χ4v) is 7.08. The topological polar surface area (TPSA) is 88.5 Å². The molecule has 7 rings (SSSR count). The van der Waals surface area contributed by atoms with E-state index in [9.17, 15) is 14.7 Å². The number of nitrogens with one attached hydrogen (secondary N) is 1. The van der Waals surface area contributed by atoms with Crippen LogP contribution in [-0.4, -0.2) is 34.6 Å². The van der Waals surface area contributed by atoms with Crippen LogP contribution in [0, 0.1) is 12.3 Å². The molecule has 1 saturated carbocycles. The van der Waals surface area contributed by atoms with Crippen LogP contribution in [0.3, 0.4) is 0 Å². The number of benzene rings is 3. The van der Waals surface area contributed by atoms with Gasteiger partial charge < -0.3 is 15.2 Å². The van der Waals surface area contributed by atoms with E-state index in [0.717, 1.165) is 32.3 Å². The molecular formula is C33H28BrClN2O4. The third-order valence-electron chi connectivity index (χ3n) is 8.64. The lowest BCUT2D eigenvalue weighted by Crippen LogP contribution is -2.57. The zero-order chi connectivity index (χ0) is 28.9. The van der Waals surface area contributed by atoms with Crippen molar-refractivity contribution in [2.24, 2.45) is 5.41 Å². The molecule has 1 aromatic heterocycles. The molecule has 0 saturated heterocycles. The third-order valence-corrected chi connectivity index (χ3v) is 9.43. The van der Waals surface area contributed by atoms with Gasteiger partial charge in [-0.25, -0.2) is 4.98 Å². The van der Waals surface area contributed by atoms with E-state index in [1.807, 2.05) is 73.7 Å². The van der Waals surface area contributed by atoms with Gasteiger partial charge in [-0.3, -0.25) is 9.59 Å². The second kappa shape index (κ2) is 10.3. The molecule has 3 aliphatic rings. The van der Waals surface area contributed by atoms with Gasteiger partial charge in [0.05, 0.1) is 39.9 Å². The molecule has 1 amide bonds. The number of rotatable bonds is 6. The van der Waals surface area contributed by atoms with Gasteiger partial charge in [0.25, 0.3) is 5.91 Å². The Kier molecular flexibility index (Phi) is 6.91. The summed E-state index contributed by atoms with van der Waals surface area (Å²) in [5, 5.41) is 14.8. The number of halogens is 2. The van der Waals surface area contributed by atoms with E-state index in [4.69, 9.17) is 21.3 Å². The van der Waals surface area contributed by atoms with Crippen molar-refractivity contribution in [1.82, 2.24) is 10.3 Å². The average Bonchev–Trinajstić information content (AvgIpc) is 2.97. The second-order valence-electron chi connectivity index (χ2n) is 10.9. The Morgan fingerprint density at radius 2 is 1.76 bits per heavy atom. The van der Waals surface area contributed by atoms with Gasteiger partial charge in [-0.15, -0.1) is 0 Å². The zero-order valence-corrected chi connectivity index (χ0v) is 25.0. The van der Waals surface area contributed by atoms with Crippen LogP contribution in [0.1, 0.15) is 47.2 Å². The molecule has 41 heavy (non-hydrogen) atoms. The van der Waals surface area contributed by atoms with Crippen molar-refractivity contribution in [3.05, 3.63) is 99.0 Å². The SMILES string of the molecule is COc1c(Cl)cccc1C1=CC2(C(=O)O)CCC1(NC(=O)c1c(C)c(-c3ccccc3)nc3ccc(Br)cc13)CC2. The summed E-state index contributed by atoms with van der Waals surface area (Å²) in [6.45, 7) is 1.93. The number of nitrogens with zero attached hydrogens (tertiary/aromatic N) is 1. The smallest absolute Gasteiger partial charge is 0.313 e. The minimum Gasteiger partial charge on any atom is -0.495 e. The van der Waals surface area contributed by atoms with Crippen LogP contribution in [-0.2, 0) is 4.79 Å². The van der Waals surface area contributed by atoms with Crippen LogP contribution < -0.4 is 10.1 Å². The highest BCUT2D eigenvalue weighted by Crippen LogP contribution is 2.56. The molecule has 3 aromatic carbocycles. The second-order valence-corrected chi connectivity index (χ2v) is 12.2. The Morgan fingerprint density at radius 1 is 1.02 bits per heavy atom. The summed E-state index contributed by atoms with van der Waals surface area (Å²) in [6.07, 6.45) is 3.62. The Hall–Kier alpha value is -3.68. The minimum absolute atomic E-state index is 0.234. The lowest BCUT2D eigenvalue weighted by Gasteiger charge is -2.51. The zero-order valence-electron chi connectivity index (χ0n) is 22.6. The maximum absolute atomic E-state index is 14.5. The van der Waals surface area contributed by atoms with Crippen LogP contribution in [0.15, 0.2) is 77.3 Å². The van der Waals surface area contributed by atoms with Crippen molar-refractivity contribution in [3.8, 4) is 17.0 Å². The van der Waals surface area contributed by atoms with E-state index >= 15 is 0 Å². The number of hydrogen-bond donors (Lipinski definition) is 2. The molecule has 1 heterocycles. The first kappa shape index (κ1) is 27.5.